The average Bonchev–Trinajstić information content (AvgIpc) is 2.68. The Balaban J connectivity index is 1.83. The number of benzene rings is 1. The van der Waals surface area contributed by atoms with Crippen LogP contribution in [0.2, 0.25) is 0 Å². The number of halogens is 5. The molecule has 0 bridgehead atoms. The van der Waals surface area contributed by atoms with Crippen molar-refractivity contribution in [3.63, 3.8) is 0 Å². The number of alkyl halides is 3. The zero-order valence-corrected chi connectivity index (χ0v) is 16.3. The SMILES string of the molecule is Cc1c(Cc2ccnc(NC(=O)O)c2F)cncc1Nc1ccc(OC(F)(F)F)cc1F. The fourth-order valence-electron chi connectivity index (χ4n) is 2.83. The first-order chi connectivity index (χ1) is 15.0. The van der Waals surface area contributed by atoms with Gasteiger partial charge in [-0.05, 0) is 41.8 Å². The van der Waals surface area contributed by atoms with Crippen LogP contribution in [0, 0.1) is 18.6 Å². The molecule has 0 spiro atoms. The Labute approximate surface area is 177 Å². The number of carboxylic acid groups (broad SMARTS) is 1. The van der Waals surface area contributed by atoms with Crippen LogP contribution < -0.4 is 15.4 Å². The summed E-state index contributed by atoms with van der Waals surface area (Å²) in [6.07, 6.45) is -2.31. The van der Waals surface area contributed by atoms with Gasteiger partial charge >= 0.3 is 12.5 Å². The number of anilines is 3. The summed E-state index contributed by atoms with van der Waals surface area (Å²) in [7, 11) is 0. The summed E-state index contributed by atoms with van der Waals surface area (Å²) < 4.78 is 69.3. The standard InChI is InChI=1S/C20H15F5N4O3/c1-10-12(6-11-4-5-27-18(17(11)22)29-19(30)31)8-26-9-16(10)28-15-3-2-13(7-14(15)21)32-20(23,24)25/h2-5,7-9,28H,6H2,1H3,(H,27,29)(H,30,31). The molecule has 168 valence electrons. The van der Waals surface area contributed by atoms with Gasteiger partial charge in [0.1, 0.15) is 11.6 Å². The monoisotopic (exact) mass is 454 g/mol. The highest BCUT2D eigenvalue weighted by Crippen LogP contribution is 2.30. The van der Waals surface area contributed by atoms with E-state index in [0.717, 1.165) is 12.1 Å². The number of amides is 1. The normalized spacial score (nSPS) is 11.2. The van der Waals surface area contributed by atoms with Gasteiger partial charge in [0.2, 0.25) is 0 Å². The molecular weight excluding hydrogens is 439 g/mol. The molecule has 3 N–H and O–H groups in total. The second-order valence-electron chi connectivity index (χ2n) is 6.53. The van der Waals surface area contributed by atoms with Crippen LogP contribution in [0.5, 0.6) is 5.75 Å². The number of nitrogens with zero attached hydrogens (tertiary/aromatic N) is 2. The summed E-state index contributed by atoms with van der Waals surface area (Å²) in [5.74, 6) is -2.98. The molecule has 2 heterocycles. The molecule has 0 aliphatic carbocycles. The van der Waals surface area contributed by atoms with Crippen molar-refractivity contribution in [3.8, 4) is 5.75 Å². The molecule has 0 fully saturated rings. The number of pyridine rings is 2. The molecule has 3 rings (SSSR count). The van der Waals surface area contributed by atoms with E-state index in [1.54, 1.807) is 6.92 Å². The lowest BCUT2D eigenvalue weighted by atomic mass is 10.0. The molecule has 7 nitrogen and oxygen atoms in total. The van der Waals surface area contributed by atoms with Gasteiger partial charge in [-0.2, -0.15) is 0 Å². The fourth-order valence-corrected chi connectivity index (χ4v) is 2.83. The second kappa shape index (κ2) is 9.04. The minimum absolute atomic E-state index is 0.0256. The van der Waals surface area contributed by atoms with Crippen LogP contribution in [0.25, 0.3) is 0 Å². The van der Waals surface area contributed by atoms with Crippen LogP contribution in [0.1, 0.15) is 16.7 Å². The second-order valence-corrected chi connectivity index (χ2v) is 6.53. The van der Waals surface area contributed by atoms with E-state index < -0.39 is 35.7 Å². The van der Waals surface area contributed by atoms with E-state index in [9.17, 15) is 26.7 Å². The largest absolute Gasteiger partial charge is 0.573 e. The molecule has 12 heteroatoms. The minimum atomic E-state index is -4.95. The Morgan fingerprint density at radius 3 is 2.53 bits per heavy atom. The van der Waals surface area contributed by atoms with Crippen molar-refractivity contribution in [2.45, 2.75) is 19.7 Å². The molecule has 0 unspecified atom stereocenters. The van der Waals surface area contributed by atoms with E-state index >= 15 is 0 Å². The molecule has 0 saturated heterocycles. The molecule has 1 aromatic carbocycles. The molecule has 0 atom stereocenters. The molecule has 3 aromatic rings. The van der Waals surface area contributed by atoms with Crippen molar-refractivity contribution in [1.82, 2.24) is 9.97 Å². The predicted octanol–water partition coefficient (Wildman–Crippen LogP) is 5.39. The third kappa shape index (κ3) is 5.59. The van der Waals surface area contributed by atoms with E-state index in [4.69, 9.17) is 5.11 Å². The summed E-state index contributed by atoms with van der Waals surface area (Å²) in [5, 5.41) is 13.4. The van der Waals surface area contributed by atoms with Crippen molar-refractivity contribution in [3.05, 3.63) is 71.2 Å². The highest BCUT2D eigenvalue weighted by molar-refractivity contribution is 5.81. The maximum Gasteiger partial charge on any atom is 0.573 e. The first kappa shape index (κ1) is 22.7. The van der Waals surface area contributed by atoms with Crippen molar-refractivity contribution < 1.29 is 36.6 Å². The van der Waals surface area contributed by atoms with Gasteiger partial charge in [-0.15, -0.1) is 13.2 Å². The van der Waals surface area contributed by atoms with Gasteiger partial charge in [0.15, 0.2) is 11.6 Å². The average molecular weight is 454 g/mol. The number of hydrogen-bond donors (Lipinski definition) is 3. The molecule has 0 saturated carbocycles. The zero-order valence-electron chi connectivity index (χ0n) is 16.3. The summed E-state index contributed by atoms with van der Waals surface area (Å²) in [5.41, 5.74) is 1.47. The van der Waals surface area contributed by atoms with Crippen LogP contribution in [0.4, 0.5) is 43.9 Å². The summed E-state index contributed by atoms with van der Waals surface area (Å²) >= 11 is 0. The first-order valence-electron chi connectivity index (χ1n) is 8.92. The van der Waals surface area contributed by atoms with E-state index in [2.05, 4.69) is 20.0 Å². The van der Waals surface area contributed by atoms with Gasteiger partial charge < -0.3 is 15.2 Å². The highest BCUT2D eigenvalue weighted by Gasteiger charge is 2.31. The Kier molecular flexibility index (Phi) is 6.42. The summed E-state index contributed by atoms with van der Waals surface area (Å²) in [6, 6.07) is 4.00. The van der Waals surface area contributed by atoms with Crippen molar-refractivity contribution in [2.24, 2.45) is 0 Å². The quantitative estimate of drug-likeness (QED) is 0.433. The molecule has 0 radical (unpaired) electrons. The summed E-state index contributed by atoms with van der Waals surface area (Å²) in [4.78, 5) is 18.4. The fraction of sp³-hybridized carbons (Fsp3) is 0.150. The molecule has 32 heavy (non-hydrogen) atoms. The van der Waals surface area contributed by atoms with Crippen LogP contribution in [0.15, 0.2) is 42.9 Å². The number of ether oxygens (including phenoxy) is 1. The molecule has 0 aliphatic rings. The third-order valence-electron chi connectivity index (χ3n) is 4.34. The van der Waals surface area contributed by atoms with E-state index in [1.807, 2.05) is 5.32 Å². The van der Waals surface area contributed by atoms with E-state index in [0.29, 0.717) is 22.9 Å². The maximum absolute atomic E-state index is 14.5. The van der Waals surface area contributed by atoms with Crippen molar-refractivity contribution in [2.75, 3.05) is 10.6 Å². The van der Waals surface area contributed by atoms with Crippen LogP contribution in [-0.2, 0) is 6.42 Å². The number of aromatic nitrogens is 2. The van der Waals surface area contributed by atoms with Gasteiger partial charge in [0, 0.05) is 24.9 Å². The molecular formula is C20H15F5N4O3. The third-order valence-corrected chi connectivity index (χ3v) is 4.34. The lowest BCUT2D eigenvalue weighted by molar-refractivity contribution is -0.274. The topological polar surface area (TPSA) is 96.4 Å². The Bertz CT molecular complexity index is 1150. The number of carbonyl (C=O) groups is 1. The lowest BCUT2D eigenvalue weighted by Gasteiger charge is -2.15. The van der Waals surface area contributed by atoms with Gasteiger partial charge in [0.05, 0.1) is 17.6 Å². The maximum atomic E-state index is 14.5. The van der Waals surface area contributed by atoms with E-state index in [-0.39, 0.29) is 17.7 Å². The Morgan fingerprint density at radius 2 is 1.88 bits per heavy atom. The number of nitrogens with one attached hydrogen (secondary N) is 2. The minimum Gasteiger partial charge on any atom is -0.465 e. The van der Waals surface area contributed by atoms with Crippen LogP contribution in [0.3, 0.4) is 0 Å². The number of rotatable bonds is 6. The van der Waals surface area contributed by atoms with E-state index in [1.165, 1.54) is 24.7 Å². The zero-order chi connectivity index (χ0) is 23.5. The van der Waals surface area contributed by atoms with Crippen molar-refractivity contribution in [1.29, 1.82) is 0 Å². The lowest BCUT2D eigenvalue weighted by Crippen LogP contribution is -2.17. The van der Waals surface area contributed by atoms with Gasteiger partial charge in [-0.25, -0.2) is 18.6 Å². The van der Waals surface area contributed by atoms with Crippen molar-refractivity contribution >= 4 is 23.3 Å². The summed E-state index contributed by atoms with van der Waals surface area (Å²) in [6.45, 7) is 1.66. The first-order valence-corrected chi connectivity index (χ1v) is 8.92. The van der Waals surface area contributed by atoms with Crippen LogP contribution in [-0.4, -0.2) is 27.5 Å². The molecule has 1 amide bonds. The predicted molar refractivity (Wildman–Crippen MR) is 104 cm³/mol. The Morgan fingerprint density at radius 1 is 1.12 bits per heavy atom. The Hall–Kier alpha value is -3.96. The number of hydrogen-bond acceptors (Lipinski definition) is 5. The molecule has 2 aromatic heterocycles. The van der Waals surface area contributed by atoms with Gasteiger partial charge in [0.25, 0.3) is 0 Å². The van der Waals surface area contributed by atoms with Gasteiger partial charge in [-0.1, -0.05) is 0 Å². The molecule has 0 aliphatic heterocycles. The van der Waals surface area contributed by atoms with Crippen LogP contribution >= 0.6 is 0 Å². The smallest absolute Gasteiger partial charge is 0.465 e. The van der Waals surface area contributed by atoms with Gasteiger partial charge in [-0.3, -0.25) is 10.3 Å². The highest BCUT2D eigenvalue weighted by atomic mass is 19.4.